The Labute approximate surface area is 70.6 Å². The molecule has 1 rings (SSSR count). The Kier molecular flexibility index (Phi) is 2.40. The highest BCUT2D eigenvalue weighted by molar-refractivity contribution is 6.45. The minimum Gasteiger partial charge on any atom is -0.390 e. The first-order chi connectivity index (χ1) is 5.61. The summed E-state index contributed by atoms with van der Waals surface area (Å²) in [7, 11) is 1.50. The number of ether oxygens (including phenoxy) is 1. The lowest BCUT2D eigenvalue weighted by atomic mass is 10.1. The van der Waals surface area contributed by atoms with E-state index in [1.165, 1.54) is 13.2 Å². The summed E-state index contributed by atoms with van der Waals surface area (Å²) in [5.74, 6) is -0.257. The van der Waals surface area contributed by atoms with Crippen LogP contribution < -0.4 is 0 Å². The van der Waals surface area contributed by atoms with Crippen LogP contribution in [-0.4, -0.2) is 36.0 Å². The van der Waals surface area contributed by atoms with Gasteiger partial charge in [-0.15, -0.1) is 0 Å². The number of aliphatic imine (C=N–C) groups is 1. The van der Waals surface area contributed by atoms with Gasteiger partial charge in [-0.3, -0.25) is 4.79 Å². The molecule has 1 unspecified atom stereocenters. The summed E-state index contributed by atoms with van der Waals surface area (Å²) in [5.41, 5.74) is -0.659. The minimum absolute atomic E-state index is 0.141. The van der Waals surface area contributed by atoms with Crippen LogP contribution in [0.3, 0.4) is 0 Å². The van der Waals surface area contributed by atoms with Crippen molar-refractivity contribution in [2.75, 3.05) is 13.7 Å². The molecule has 1 heterocycles. The molecule has 1 atom stereocenters. The number of allylic oxidation sites excluding steroid dienone is 1. The third kappa shape index (κ3) is 1.60. The van der Waals surface area contributed by atoms with E-state index in [1.54, 1.807) is 13.0 Å². The molecule has 0 aromatic carbocycles. The number of hydrogen-bond acceptors (Lipinski definition) is 4. The quantitative estimate of drug-likeness (QED) is 0.629. The number of aliphatic hydroxyl groups excluding tert-OH is 1. The molecule has 66 valence electrons. The van der Waals surface area contributed by atoms with E-state index in [0.29, 0.717) is 0 Å². The van der Waals surface area contributed by atoms with E-state index in [9.17, 15) is 4.79 Å². The summed E-state index contributed by atoms with van der Waals surface area (Å²) < 4.78 is 5.02. The molecule has 4 heteroatoms. The maximum absolute atomic E-state index is 11.0. The van der Waals surface area contributed by atoms with Crippen LogP contribution in [0.2, 0.25) is 0 Å². The van der Waals surface area contributed by atoms with Crippen molar-refractivity contribution in [1.29, 1.82) is 0 Å². The van der Waals surface area contributed by atoms with E-state index in [1.807, 2.05) is 0 Å². The SMILES string of the molecule is COC1(C)C=CC(=O)C(CO)=N1. The highest BCUT2D eigenvalue weighted by atomic mass is 16.5. The summed E-state index contributed by atoms with van der Waals surface area (Å²) in [6.45, 7) is 1.37. The van der Waals surface area contributed by atoms with Crippen LogP contribution in [0.4, 0.5) is 0 Å². The van der Waals surface area contributed by atoms with Crippen molar-refractivity contribution in [2.24, 2.45) is 4.99 Å². The van der Waals surface area contributed by atoms with Crippen LogP contribution >= 0.6 is 0 Å². The van der Waals surface area contributed by atoms with E-state index < -0.39 is 5.72 Å². The number of carbonyl (C=O) groups is 1. The molecule has 0 saturated carbocycles. The number of carbonyl (C=O) groups excluding carboxylic acids is 1. The van der Waals surface area contributed by atoms with E-state index in [4.69, 9.17) is 9.84 Å². The van der Waals surface area contributed by atoms with E-state index in [-0.39, 0.29) is 18.1 Å². The van der Waals surface area contributed by atoms with Gasteiger partial charge in [-0.2, -0.15) is 0 Å². The fraction of sp³-hybridized carbons (Fsp3) is 0.500. The number of dihydropyridines is 1. The van der Waals surface area contributed by atoms with Crippen molar-refractivity contribution in [1.82, 2.24) is 0 Å². The normalized spacial score (nSPS) is 28.9. The van der Waals surface area contributed by atoms with Gasteiger partial charge < -0.3 is 9.84 Å². The molecular weight excluding hydrogens is 158 g/mol. The number of methoxy groups -OCH3 is 1. The Morgan fingerprint density at radius 2 is 2.42 bits per heavy atom. The maximum Gasteiger partial charge on any atom is 0.201 e. The van der Waals surface area contributed by atoms with Gasteiger partial charge in [0.1, 0.15) is 5.71 Å². The molecule has 0 spiro atoms. The van der Waals surface area contributed by atoms with E-state index in [2.05, 4.69) is 4.99 Å². The standard InChI is InChI=1S/C8H11NO3/c1-8(12-2)4-3-7(11)6(5-10)9-8/h3-4,10H,5H2,1-2H3. The molecule has 0 aliphatic carbocycles. The molecule has 1 N–H and O–H groups in total. The first kappa shape index (κ1) is 9.09. The number of nitrogens with zero attached hydrogens (tertiary/aromatic N) is 1. The van der Waals surface area contributed by atoms with Gasteiger partial charge in [-0.05, 0) is 19.1 Å². The second-order valence-electron chi connectivity index (χ2n) is 2.67. The Morgan fingerprint density at radius 3 is 2.92 bits per heavy atom. The predicted octanol–water partition coefficient (Wildman–Crippen LogP) is -0.0788. The van der Waals surface area contributed by atoms with Crippen molar-refractivity contribution in [3.05, 3.63) is 12.2 Å². The molecule has 1 aliphatic rings. The largest absolute Gasteiger partial charge is 0.390 e. The first-order valence-corrected chi connectivity index (χ1v) is 3.59. The van der Waals surface area contributed by atoms with Crippen LogP contribution in [0.5, 0.6) is 0 Å². The van der Waals surface area contributed by atoms with Gasteiger partial charge >= 0.3 is 0 Å². The van der Waals surface area contributed by atoms with Crippen LogP contribution in [0.1, 0.15) is 6.92 Å². The highest BCUT2D eigenvalue weighted by Gasteiger charge is 2.25. The van der Waals surface area contributed by atoms with Crippen LogP contribution in [0.25, 0.3) is 0 Å². The fourth-order valence-electron chi connectivity index (χ4n) is 0.914. The van der Waals surface area contributed by atoms with Gasteiger partial charge in [0, 0.05) is 7.11 Å². The first-order valence-electron chi connectivity index (χ1n) is 3.59. The summed E-state index contributed by atoms with van der Waals surface area (Å²) >= 11 is 0. The number of ketones is 1. The fourth-order valence-corrected chi connectivity index (χ4v) is 0.914. The zero-order valence-corrected chi connectivity index (χ0v) is 7.07. The topological polar surface area (TPSA) is 58.9 Å². The van der Waals surface area contributed by atoms with E-state index in [0.717, 1.165) is 0 Å². The van der Waals surface area contributed by atoms with Crippen molar-refractivity contribution < 1.29 is 14.6 Å². The summed E-state index contributed by atoms with van der Waals surface area (Å²) in [6, 6.07) is 0. The van der Waals surface area contributed by atoms with Gasteiger partial charge in [0.05, 0.1) is 6.61 Å². The molecule has 0 aromatic rings. The van der Waals surface area contributed by atoms with Crippen molar-refractivity contribution in [3.8, 4) is 0 Å². The Balaban J connectivity index is 2.93. The minimum atomic E-state index is -0.800. The van der Waals surface area contributed by atoms with Gasteiger partial charge in [0.15, 0.2) is 5.72 Å². The zero-order chi connectivity index (χ0) is 9.19. The lowest BCUT2D eigenvalue weighted by molar-refractivity contribution is -0.109. The molecule has 12 heavy (non-hydrogen) atoms. The van der Waals surface area contributed by atoms with Crippen molar-refractivity contribution in [3.63, 3.8) is 0 Å². The highest BCUT2D eigenvalue weighted by Crippen LogP contribution is 2.17. The second-order valence-corrected chi connectivity index (χ2v) is 2.67. The molecular formula is C8H11NO3. The van der Waals surface area contributed by atoms with Crippen LogP contribution in [0.15, 0.2) is 17.1 Å². The summed E-state index contributed by atoms with van der Waals surface area (Å²) in [4.78, 5) is 14.9. The average molecular weight is 169 g/mol. The average Bonchev–Trinajstić information content (AvgIpc) is 2.10. The smallest absolute Gasteiger partial charge is 0.201 e. The third-order valence-corrected chi connectivity index (χ3v) is 1.75. The Bertz CT molecular complexity index is 257. The predicted molar refractivity (Wildman–Crippen MR) is 44.1 cm³/mol. The lowest BCUT2D eigenvalue weighted by Gasteiger charge is -2.22. The van der Waals surface area contributed by atoms with Gasteiger partial charge in [0.2, 0.25) is 5.78 Å². The molecule has 4 nitrogen and oxygen atoms in total. The van der Waals surface area contributed by atoms with Gasteiger partial charge in [0.25, 0.3) is 0 Å². The third-order valence-electron chi connectivity index (χ3n) is 1.75. The van der Waals surface area contributed by atoms with Crippen molar-refractivity contribution in [2.45, 2.75) is 12.6 Å². The van der Waals surface area contributed by atoms with Crippen LogP contribution in [-0.2, 0) is 9.53 Å². The Hall–Kier alpha value is -1.00. The maximum atomic E-state index is 11.0. The molecule has 0 radical (unpaired) electrons. The zero-order valence-electron chi connectivity index (χ0n) is 7.07. The molecule has 0 amide bonds. The van der Waals surface area contributed by atoms with Gasteiger partial charge in [-0.25, -0.2) is 4.99 Å². The summed E-state index contributed by atoms with van der Waals surface area (Å²) in [5, 5.41) is 8.75. The molecule has 0 bridgehead atoms. The molecule has 0 aromatic heterocycles. The number of aliphatic hydroxyl groups is 1. The van der Waals surface area contributed by atoms with Gasteiger partial charge in [-0.1, -0.05) is 0 Å². The molecule has 0 saturated heterocycles. The Morgan fingerprint density at radius 1 is 1.75 bits per heavy atom. The van der Waals surface area contributed by atoms with Crippen molar-refractivity contribution >= 4 is 11.5 Å². The molecule has 1 aliphatic heterocycles. The number of hydrogen-bond donors (Lipinski definition) is 1. The van der Waals surface area contributed by atoms with E-state index >= 15 is 0 Å². The molecule has 0 fully saturated rings. The summed E-state index contributed by atoms with van der Waals surface area (Å²) in [6.07, 6.45) is 2.93. The van der Waals surface area contributed by atoms with Crippen LogP contribution in [0, 0.1) is 0 Å². The number of rotatable bonds is 2. The lowest BCUT2D eigenvalue weighted by Crippen LogP contribution is -2.31. The monoisotopic (exact) mass is 169 g/mol. The second kappa shape index (κ2) is 3.16.